The van der Waals surface area contributed by atoms with Crippen molar-refractivity contribution in [3.63, 3.8) is 0 Å². The molecule has 0 saturated carbocycles. The monoisotopic (exact) mass is 273 g/mol. The van der Waals surface area contributed by atoms with E-state index in [0.717, 1.165) is 37.6 Å². The molecule has 2 aromatic rings. The molecule has 1 amide bonds. The van der Waals surface area contributed by atoms with Gasteiger partial charge in [0.05, 0.1) is 13.2 Å². The fourth-order valence-corrected chi connectivity index (χ4v) is 2.19. The Kier molecular flexibility index (Phi) is 3.39. The SMILES string of the molecule is NC(=O)c1cc(-c2ccc(N3CCOCC3)cc2)no1. The Labute approximate surface area is 116 Å². The van der Waals surface area contributed by atoms with Gasteiger partial charge >= 0.3 is 0 Å². The van der Waals surface area contributed by atoms with Crippen molar-refractivity contribution in [1.82, 2.24) is 5.16 Å². The molecule has 0 spiro atoms. The van der Waals surface area contributed by atoms with Crippen molar-refractivity contribution in [2.45, 2.75) is 0 Å². The van der Waals surface area contributed by atoms with Gasteiger partial charge in [0.25, 0.3) is 5.91 Å². The van der Waals surface area contributed by atoms with Crippen LogP contribution in [0, 0.1) is 0 Å². The molecule has 20 heavy (non-hydrogen) atoms. The number of hydrogen-bond donors (Lipinski definition) is 1. The quantitative estimate of drug-likeness (QED) is 0.911. The van der Waals surface area contributed by atoms with Gasteiger partial charge in [0.15, 0.2) is 0 Å². The third kappa shape index (κ3) is 2.50. The van der Waals surface area contributed by atoms with E-state index in [1.54, 1.807) is 6.07 Å². The van der Waals surface area contributed by atoms with Gasteiger partial charge in [-0.25, -0.2) is 0 Å². The number of ether oxygens (including phenoxy) is 1. The number of nitrogens with two attached hydrogens (primary N) is 1. The van der Waals surface area contributed by atoms with Crippen LogP contribution in [0.1, 0.15) is 10.6 Å². The fraction of sp³-hybridized carbons (Fsp3) is 0.286. The van der Waals surface area contributed by atoms with Gasteiger partial charge in [0.2, 0.25) is 5.76 Å². The van der Waals surface area contributed by atoms with Gasteiger partial charge in [0.1, 0.15) is 5.69 Å². The van der Waals surface area contributed by atoms with E-state index in [-0.39, 0.29) is 5.76 Å². The van der Waals surface area contributed by atoms with E-state index in [1.807, 2.05) is 24.3 Å². The van der Waals surface area contributed by atoms with Gasteiger partial charge in [0, 0.05) is 30.4 Å². The summed E-state index contributed by atoms with van der Waals surface area (Å²) < 4.78 is 10.2. The molecule has 6 heteroatoms. The van der Waals surface area contributed by atoms with Crippen molar-refractivity contribution in [2.24, 2.45) is 5.73 Å². The summed E-state index contributed by atoms with van der Waals surface area (Å²) in [5.74, 6) is -0.550. The molecule has 1 aromatic carbocycles. The number of amides is 1. The number of benzene rings is 1. The molecule has 0 bridgehead atoms. The summed E-state index contributed by atoms with van der Waals surface area (Å²) in [5.41, 5.74) is 7.78. The molecule has 3 rings (SSSR count). The van der Waals surface area contributed by atoms with Crippen LogP contribution in [0.15, 0.2) is 34.9 Å². The Morgan fingerprint density at radius 3 is 2.50 bits per heavy atom. The molecular formula is C14H15N3O3. The minimum Gasteiger partial charge on any atom is -0.378 e. The first-order valence-corrected chi connectivity index (χ1v) is 6.44. The number of rotatable bonds is 3. The first-order valence-electron chi connectivity index (χ1n) is 6.44. The van der Waals surface area contributed by atoms with Crippen molar-refractivity contribution in [2.75, 3.05) is 31.2 Å². The van der Waals surface area contributed by atoms with E-state index in [1.165, 1.54) is 0 Å². The molecule has 1 saturated heterocycles. The van der Waals surface area contributed by atoms with Crippen LogP contribution in [-0.2, 0) is 4.74 Å². The highest BCUT2D eigenvalue weighted by Crippen LogP contribution is 2.23. The summed E-state index contributed by atoms with van der Waals surface area (Å²) in [4.78, 5) is 13.2. The van der Waals surface area contributed by atoms with Crippen LogP contribution in [0.5, 0.6) is 0 Å². The van der Waals surface area contributed by atoms with E-state index in [2.05, 4.69) is 10.1 Å². The van der Waals surface area contributed by atoms with Crippen LogP contribution >= 0.6 is 0 Å². The van der Waals surface area contributed by atoms with Crippen LogP contribution in [0.25, 0.3) is 11.3 Å². The van der Waals surface area contributed by atoms with Gasteiger partial charge < -0.3 is 19.9 Å². The lowest BCUT2D eigenvalue weighted by atomic mass is 10.1. The number of morpholine rings is 1. The van der Waals surface area contributed by atoms with E-state index in [4.69, 9.17) is 15.0 Å². The van der Waals surface area contributed by atoms with Crippen molar-refractivity contribution in [3.8, 4) is 11.3 Å². The molecule has 6 nitrogen and oxygen atoms in total. The topological polar surface area (TPSA) is 81.6 Å². The lowest BCUT2D eigenvalue weighted by molar-refractivity contribution is 0.0965. The maximum absolute atomic E-state index is 11.0. The maximum Gasteiger partial charge on any atom is 0.287 e. The average molecular weight is 273 g/mol. The lowest BCUT2D eigenvalue weighted by Gasteiger charge is -2.28. The molecule has 2 heterocycles. The summed E-state index contributed by atoms with van der Waals surface area (Å²) in [6, 6.07) is 9.51. The summed E-state index contributed by atoms with van der Waals surface area (Å²) >= 11 is 0. The zero-order chi connectivity index (χ0) is 13.9. The summed E-state index contributed by atoms with van der Waals surface area (Å²) in [6.07, 6.45) is 0. The van der Waals surface area contributed by atoms with E-state index in [0.29, 0.717) is 5.69 Å². The molecule has 0 unspecified atom stereocenters. The normalized spacial score (nSPS) is 15.3. The minimum atomic E-state index is -0.617. The Morgan fingerprint density at radius 2 is 1.90 bits per heavy atom. The Hall–Kier alpha value is -2.34. The third-order valence-corrected chi connectivity index (χ3v) is 3.29. The van der Waals surface area contributed by atoms with Crippen molar-refractivity contribution >= 4 is 11.6 Å². The highest BCUT2D eigenvalue weighted by molar-refractivity contribution is 5.90. The molecular weight excluding hydrogens is 258 g/mol. The summed E-state index contributed by atoms with van der Waals surface area (Å²) in [6.45, 7) is 3.31. The van der Waals surface area contributed by atoms with Crippen LogP contribution in [0.4, 0.5) is 5.69 Å². The average Bonchev–Trinajstić information content (AvgIpc) is 2.98. The number of primary amides is 1. The van der Waals surface area contributed by atoms with Crippen molar-refractivity contribution < 1.29 is 14.1 Å². The molecule has 0 aliphatic carbocycles. The van der Waals surface area contributed by atoms with E-state index >= 15 is 0 Å². The first kappa shape index (κ1) is 12.7. The second-order valence-corrected chi connectivity index (χ2v) is 4.59. The zero-order valence-electron chi connectivity index (χ0n) is 10.9. The first-order chi connectivity index (χ1) is 9.74. The smallest absolute Gasteiger partial charge is 0.287 e. The molecule has 104 valence electrons. The number of nitrogens with zero attached hydrogens (tertiary/aromatic N) is 2. The summed E-state index contributed by atoms with van der Waals surface area (Å²) in [7, 11) is 0. The second-order valence-electron chi connectivity index (χ2n) is 4.59. The number of hydrogen-bond acceptors (Lipinski definition) is 5. The Bertz CT molecular complexity index is 600. The van der Waals surface area contributed by atoms with Gasteiger partial charge in [-0.2, -0.15) is 0 Å². The van der Waals surface area contributed by atoms with E-state index in [9.17, 15) is 4.79 Å². The van der Waals surface area contributed by atoms with Gasteiger partial charge in [-0.15, -0.1) is 0 Å². The molecule has 1 aliphatic rings. The third-order valence-electron chi connectivity index (χ3n) is 3.29. The van der Waals surface area contributed by atoms with Crippen molar-refractivity contribution in [3.05, 3.63) is 36.1 Å². The van der Waals surface area contributed by atoms with Gasteiger partial charge in [-0.3, -0.25) is 4.79 Å². The molecule has 1 aliphatic heterocycles. The van der Waals surface area contributed by atoms with Gasteiger partial charge in [-0.05, 0) is 12.1 Å². The van der Waals surface area contributed by atoms with E-state index < -0.39 is 5.91 Å². The zero-order valence-corrected chi connectivity index (χ0v) is 10.9. The number of carbonyl (C=O) groups excluding carboxylic acids is 1. The van der Waals surface area contributed by atoms with Crippen LogP contribution in [0.3, 0.4) is 0 Å². The number of carbonyl (C=O) groups is 1. The fourth-order valence-electron chi connectivity index (χ4n) is 2.19. The predicted molar refractivity (Wildman–Crippen MR) is 73.5 cm³/mol. The highest BCUT2D eigenvalue weighted by atomic mass is 16.5. The number of aromatic nitrogens is 1. The minimum absolute atomic E-state index is 0.0669. The molecule has 1 fully saturated rings. The highest BCUT2D eigenvalue weighted by Gasteiger charge is 2.13. The largest absolute Gasteiger partial charge is 0.378 e. The Morgan fingerprint density at radius 1 is 1.20 bits per heavy atom. The molecule has 1 aromatic heterocycles. The Balaban J connectivity index is 1.79. The standard InChI is InChI=1S/C14H15N3O3/c15-14(18)13-9-12(16-20-13)10-1-3-11(4-2-10)17-5-7-19-8-6-17/h1-4,9H,5-8H2,(H2,15,18). The lowest BCUT2D eigenvalue weighted by Crippen LogP contribution is -2.36. The van der Waals surface area contributed by atoms with Crippen LogP contribution < -0.4 is 10.6 Å². The molecule has 0 radical (unpaired) electrons. The molecule has 0 atom stereocenters. The van der Waals surface area contributed by atoms with Crippen LogP contribution in [-0.4, -0.2) is 37.4 Å². The van der Waals surface area contributed by atoms with Crippen LogP contribution in [0.2, 0.25) is 0 Å². The summed E-state index contributed by atoms with van der Waals surface area (Å²) in [5, 5.41) is 3.84. The predicted octanol–water partition coefficient (Wildman–Crippen LogP) is 1.28. The maximum atomic E-state index is 11.0. The second kappa shape index (κ2) is 5.34. The molecule has 2 N–H and O–H groups in total. The number of anilines is 1. The van der Waals surface area contributed by atoms with Gasteiger partial charge in [-0.1, -0.05) is 17.3 Å². The van der Waals surface area contributed by atoms with Crippen molar-refractivity contribution in [1.29, 1.82) is 0 Å².